The molecule has 2 rings (SSSR count). The van der Waals surface area contributed by atoms with Gasteiger partial charge in [-0.3, -0.25) is 9.59 Å². The van der Waals surface area contributed by atoms with Crippen LogP contribution in [0, 0.1) is 0 Å². The van der Waals surface area contributed by atoms with Crippen LogP contribution in [-0.2, 0) is 31.8 Å². The van der Waals surface area contributed by atoms with E-state index in [0.717, 1.165) is 12.1 Å². The van der Waals surface area contributed by atoms with E-state index in [1.165, 1.54) is 24.8 Å². The summed E-state index contributed by atoms with van der Waals surface area (Å²) in [5.41, 5.74) is -0.887. The van der Waals surface area contributed by atoms with Crippen LogP contribution < -0.4 is 0 Å². The molecule has 0 bridgehead atoms. The zero-order chi connectivity index (χ0) is 24.6. The molecule has 0 aliphatic heterocycles. The maximum Gasteiger partial charge on any atom is 0.417 e. The highest BCUT2D eigenvalue weighted by Crippen LogP contribution is 2.33. The molecule has 6 nitrogen and oxygen atoms in total. The molecule has 1 unspecified atom stereocenters. The smallest absolute Gasteiger partial charge is 0.417 e. The monoisotopic (exact) mass is 465 g/mol. The van der Waals surface area contributed by atoms with E-state index in [1.807, 2.05) is 0 Å². The van der Waals surface area contributed by atoms with Gasteiger partial charge in [-0.1, -0.05) is 36.4 Å². The zero-order valence-electron chi connectivity index (χ0n) is 18.6. The number of esters is 2. The first-order valence-corrected chi connectivity index (χ1v) is 10.4. The van der Waals surface area contributed by atoms with Crippen molar-refractivity contribution in [1.82, 2.24) is 4.90 Å². The fourth-order valence-corrected chi connectivity index (χ4v) is 3.29. The molecule has 0 spiro atoms. The van der Waals surface area contributed by atoms with Crippen LogP contribution in [0.4, 0.5) is 13.2 Å². The molecule has 0 saturated heterocycles. The van der Waals surface area contributed by atoms with E-state index in [1.54, 1.807) is 37.3 Å². The highest BCUT2D eigenvalue weighted by Gasteiger charge is 2.36. The third-order valence-corrected chi connectivity index (χ3v) is 4.90. The molecule has 0 aromatic heterocycles. The third-order valence-electron chi connectivity index (χ3n) is 4.90. The van der Waals surface area contributed by atoms with Gasteiger partial charge in [-0.15, -0.1) is 0 Å². The molecule has 0 fully saturated rings. The predicted molar refractivity (Wildman–Crippen MR) is 114 cm³/mol. The molecule has 2 aromatic carbocycles. The normalized spacial score (nSPS) is 12.1. The summed E-state index contributed by atoms with van der Waals surface area (Å²) in [6.07, 6.45) is -4.78. The van der Waals surface area contributed by atoms with E-state index in [-0.39, 0.29) is 31.9 Å². The molecule has 0 aliphatic rings. The second-order valence-electron chi connectivity index (χ2n) is 7.22. The quantitative estimate of drug-likeness (QED) is 0.507. The molecule has 0 radical (unpaired) electrons. The fourth-order valence-electron chi connectivity index (χ4n) is 3.29. The lowest BCUT2D eigenvalue weighted by Crippen LogP contribution is -2.36. The number of likely N-dealkylation sites (N-methyl/N-ethyl adjacent to an activating group) is 1. The predicted octanol–water partition coefficient (Wildman–Crippen LogP) is 4.58. The number of ether oxygens (including phenoxy) is 2. The average Bonchev–Trinajstić information content (AvgIpc) is 2.77. The van der Waals surface area contributed by atoms with Crippen molar-refractivity contribution in [3.63, 3.8) is 0 Å². The first-order valence-electron chi connectivity index (χ1n) is 10.4. The number of alkyl halides is 3. The molecule has 1 amide bonds. The number of halogens is 3. The summed E-state index contributed by atoms with van der Waals surface area (Å²) in [4.78, 5) is 37.9. The highest BCUT2D eigenvalue weighted by atomic mass is 19.4. The molecule has 1 atom stereocenters. The largest absolute Gasteiger partial charge is 0.465 e. The Bertz CT molecular complexity index is 976. The number of hydrogen-bond donors (Lipinski definition) is 0. The van der Waals surface area contributed by atoms with Crippen molar-refractivity contribution in [3.05, 3.63) is 70.8 Å². The Morgan fingerprint density at radius 3 is 2.21 bits per heavy atom. The van der Waals surface area contributed by atoms with Crippen molar-refractivity contribution in [2.45, 2.75) is 39.4 Å². The minimum atomic E-state index is -4.78. The number of nitrogens with zero attached hydrogens (tertiary/aromatic N) is 1. The van der Waals surface area contributed by atoms with E-state index in [2.05, 4.69) is 0 Å². The Labute approximate surface area is 190 Å². The number of carbonyl (C=O) groups is 3. The van der Waals surface area contributed by atoms with Gasteiger partial charge < -0.3 is 14.4 Å². The van der Waals surface area contributed by atoms with Gasteiger partial charge >= 0.3 is 18.1 Å². The van der Waals surface area contributed by atoms with Crippen LogP contribution in [0.5, 0.6) is 0 Å². The van der Waals surface area contributed by atoms with E-state index < -0.39 is 41.1 Å². The fraction of sp³-hybridized carbons (Fsp3) is 0.375. The lowest BCUT2D eigenvalue weighted by Gasteiger charge is -2.27. The van der Waals surface area contributed by atoms with Gasteiger partial charge in [-0.2, -0.15) is 13.2 Å². The van der Waals surface area contributed by atoms with Crippen LogP contribution in [0.3, 0.4) is 0 Å². The maximum atomic E-state index is 13.6. The molecular formula is C24H26F3NO5. The number of benzene rings is 2. The number of carbonyl (C=O) groups excluding carboxylic acids is 3. The van der Waals surface area contributed by atoms with Crippen molar-refractivity contribution in [1.29, 1.82) is 0 Å². The molecule has 0 saturated carbocycles. The summed E-state index contributed by atoms with van der Waals surface area (Å²) in [5.74, 6) is -2.81. The molecule has 0 N–H and O–H groups in total. The summed E-state index contributed by atoms with van der Waals surface area (Å²) < 4.78 is 50.6. The van der Waals surface area contributed by atoms with Gasteiger partial charge in [0, 0.05) is 20.0 Å². The summed E-state index contributed by atoms with van der Waals surface area (Å²) in [6.45, 7) is 4.28. The van der Waals surface area contributed by atoms with Crippen LogP contribution in [-0.4, -0.2) is 42.5 Å². The molecule has 2 aromatic rings. The first kappa shape index (κ1) is 25.9. The number of hydrogen-bond acceptors (Lipinski definition) is 5. The summed E-state index contributed by atoms with van der Waals surface area (Å²) in [6, 6.07) is 12.0. The van der Waals surface area contributed by atoms with Crippen molar-refractivity contribution in [3.8, 4) is 0 Å². The van der Waals surface area contributed by atoms with E-state index in [0.29, 0.717) is 5.56 Å². The van der Waals surface area contributed by atoms with E-state index >= 15 is 0 Å². The van der Waals surface area contributed by atoms with Gasteiger partial charge in [-0.05, 0) is 37.1 Å². The first-order chi connectivity index (χ1) is 15.6. The van der Waals surface area contributed by atoms with Gasteiger partial charge in [0.2, 0.25) is 5.91 Å². The van der Waals surface area contributed by atoms with Gasteiger partial charge in [0.1, 0.15) is 6.61 Å². The van der Waals surface area contributed by atoms with Crippen molar-refractivity contribution in [2.24, 2.45) is 0 Å². The Balaban J connectivity index is 2.35. The Hall–Kier alpha value is -3.36. The Morgan fingerprint density at radius 2 is 1.67 bits per heavy atom. The standard InChI is InChI=1S/C24H26F3NO5/c1-4-28(22(30)20(15-33-16(3)29)18-9-7-6-8-10-18)14-17-11-12-19(23(31)32-5-2)21(13-17)24(25,26)27/h6-13,20H,4-5,14-15H2,1-3H3. The van der Waals surface area contributed by atoms with E-state index in [4.69, 9.17) is 9.47 Å². The van der Waals surface area contributed by atoms with Crippen LogP contribution >= 0.6 is 0 Å². The summed E-state index contributed by atoms with van der Waals surface area (Å²) in [7, 11) is 0. The third kappa shape index (κ3) is 7.06. The van der Waals surface area contributed by atoms with Crippen LogP contribution in [0.15, 0.2) is 48.5 Å². The van der Waals surface area contributed by atoms with Crippen molar-refractivity contribution < 1.29 is 37.0 Å². The van der Waals surface area contributed by atoms with Crippen molar-refractivity contribution in [2.75, 3.05) is 19.8 Å². The highest BCUT2D eigenvalue weighted by molar-refractivity contribution is 5.91. The Morgan fingerprint density at radius 1 is 1.00 bits per heavy atom. The molecule has 0 heterocycles. The topological polar surface area (TPSA) is 72.9 Å². The SMILES string of the molecule is CCOC(=O)c1ccc(CN(CC)C(=O)C(COC(C)=O)c2ccccc2)cc1C(F)(F)F. The number of rotatable bonds is 9. The number of amides is 1. The van der Waals surface area contributed by atoms with Crippen LogP contribution in [0.25, 0.3) is 0 Å². The molecule has 178 valence electrons. The Kier molecular flexibility index (Phi) is 9.02. The van der Waals surface area contributed by atoms with E-state index in [9.17, 15) is 27.6 Å². The lowest BCUT2D eigenvalue weighted by atomic mass is 9.97. The second kappa shape index (κ2) is 11.5. The van der Waals surface area contributed by atoms with Crippen LogP contribution in [0.2, 0.25) is 0 Å². The minimum absolute atomic E-state index is 0.0563. The van der Waals surface area contributed by atoms with Gasteiger partial charge in [0.25, 0.3) is 0 Å². The van der Waals surface area contributed by atoms with Gasteiger partial charge in [0.05, 0.1) is 23.7 Å². The van der Waals surface area contributed by atoms with Gasteiger partial charge in [0.15, 0.2) is 0 Å². The molecule has 0 aliphatic carbocycles. The average molecular weight is 465 g/mol. The molecule has 33 heavy (non-hydrogen) atoms. The van der Waals surface area contributed by atoms with Gasteiger partial charge in [-0.25, -0.2) is 4.79 Å². The van der Waals surface area contributed by atoms with Crippen LogP contribution in [0.1, 0.15) is 53.7 Å². The molecule has 9 heteroatoms. The van der Waals surface area contributed by atoms with Crippen molar-refractivity contribution >= 4 is 17.8 Å². The minimum Gasteiger partial charge on any atom is -0.465 e. The summed E-state index contributed by atoms with van der Waals surface area (Å²) in [5, 5.41) is 0. The zero-order valence-corrected chi connectivity index (χ0v) is 18.6. The second-order valence-corrected chi connectivity index (χ2v) is 7.22. The maximum absolute atomic E-state index is 13.6. The summed E-state index contributed by atoms with van der Waals surface area (Å²) >= 11 is 0. The molecular weight excluding hydrogens is 439 g/mol. The lowest BCUT2D eigenvalue weighted by molar-refractivity contribution is -0.144.